The van der Waals surface area contributed by atoms with Crippen LogP contribution in [-0.4, -0.2) is 23.3 Å². The van der Waals surface area contributed by atoms with Crippen LogP contribution in [-0.2, 0) is 17.8 Å². The zero-order valence-electron chi connectivity index (χ0n) is 14.9. The molecule has 1 atom stereocenters. The molecule has 134 valence electrons. The van der Waals surface area contributed by atoms with Crippen molar-refractivity contribution in [3.8, 4) is 0 Å². The third-order valence-corrected chi connectivity index (χ3v) is 5.45. The third-order valence-electron chi connectivity index (χ3n) is 5.45. The maximum Gasteiger partial charge on any atom is 0.254 e. The predicted molar refractivity (Wildman–Crippen MR) is 101 cm³/mol. The van der Waals surface area contributed by atoms with E-state index in [1.807, 2.05) is 35.2 Å². The van der Waals surface area contributed by atoms with Crippen LogP contribution in [0, 0.1) is 0 Å². The van der Waals surface area contributed by atoms with E-state index >= 15 is 0 Å². The van der Waals surface area contributed by atoms with Crippen molar-refractivity contribution >= 4 is 11.8 Å². The van der Waals surface area contributed by atoms with Gasteiger partial charge >= 0.3 is 0 Å². The molecule has 1 aliphatic heterocycles. The van der Waals surface area contributed by atoms with E-state index in [-0.39, 0.29) is 17.9 Å². The highest BCUT2D eigenvalue weighted by molar-refractivity contribution is 5.98. The largest absolute Gasteiger partial charge is 0.349 e. The first-order valence-corrected chi connectivity index (χ1v) is 9.47. The van der Waals surface area contributed by atoms with E-state index in [2.05, 4.69) is 23.5 Å². The Balaban J connectivity index is 1.20. The average Bonchev–Trinajstić information content (AvgIpc) is 3.21. The molecule has 4 nitrogen and oxygen atoms in total. The smallest absolute Gasteiger partial charge is 0.254 e. The Bertz CT molecular complexity index is 830. The second-order valence-electron chi connectivity index (χ2n) is 7.20. The average molecular weight is 348 g/mol. The highest BCUT2D eigenvalue weighted by atomic mass is 16.2. The Kier molecular flexibility index (Phi) is 4.74. The van der Waals surface area contributed by atoms with Crippen LogP contribution in [0.15, 0.2) is 48.5 Å². The van der Waals surface area contributed by atoms with Crippen molar-refractivity contribution in [3.63, 3.8) is 0 Å². The molecule has 0 unspecified atom stereocenters. The van der Waals surface area contributed by atoms with Crippen molar-refractivity contribution in [3.05, 3.63) is 70.8 Å². The van der Waals surface area contributed by atoms with Gasteiger partial charge in [0.15, 0.2) is 0 Å². The molecule has 0 bridgehead atoms. The number of hydrogen-bond acceptors (Lipinski definition) is 2. The van der Waals surface area contributed by atoms with Crippen LogP contribution in [0.2, 0.25) is 0 Å². The molecule has 0 aromatic heterocycles. The fraction of sp³-hybridized carbons (Fsp3) is 0.364. The molecule has 0 radical (unpaired) electrons. The Morgan fingerprint density at radius 3 is 2.65 bits per heavy atom. The summed E-state index contributed by atoms with van der Waals surface area (Å²) in [5.41, 5.74) is 4.55. The quantitative estimate of drug-likeness (QED) is 0.811. The summed E-state index contributed by atoms with van der Waals surface area (Å²) in [7, 11) is 0. The second kappa shape index (κ2) is 7.32. The number of amides is 2. The van der Waals surface area contributed by atoms with Gasteiger partial charge in [-0.25, -0.2) is 0 Å². The van der Waals surface area contributed by atoms with Gasteiger partial charge in [0.1, 0.15) is 0 Å². The van der Waals surface area contributed by atoms with Gasteiger partial charge in [-0.15, -0.1) is 0 Å². The molecule has 4 heteroatoms. The number of carbonyl (C=O) groups excluding carboxylic acids is 2. The molecule has 0 saturated heterocycles. The van der Waals surface area contributed by atoms with Gasteiger partial charge in [0.2, 0.25) is 5.91 Å². The molecule has 0 spiro atoms. The Morgan fingerprint density at radius 2 is 1.81 bits per heavy atom. The number of rotatable bonds is 6. The maximum absolute atomic E-state index is 12.3. The number of unbranched alkanes of at least 4 members (excludes halogenated alkanes) is 1. The summed E-state index contributed by atoms with van der Waals surface area (Å²) in [6.45, 7) is 1.41. The Morgan fingerprint density at radius 1 is 1.04 bits per heavy atom. The molecule has 4 rings (SSSR count). The lowest BCUT2D eigenvalue weighted by molar-refractivity contribution is -0.121. The van der Waals surface area contributed by atoms with E-state index in [0.717, 1.165) is 36.8 Å². The minimum Gasteiger partial charge on any atom is -0.349 e. The number of aryl methyl sites for hydroxylation is 1. The second-order valence-corrected chi connectivity index (χ2v) is 7.20. The molecule has 26 heavy (non-hydrogen) atoms. The van der Waals surface area contributed by atoms with Crippen LogP contribution in [0.5, 0.6) is 0 Å². The van der Waals surface area contributed by atoms with Crippen LogP contribution in [0.25, 0.3) is 0 Å². The van der Waals surface area contributed by atoms with Gasteiger partial charge in [-0.05, 0) is 48.4 Å². The number of carbonyl (C=O) groups is 2. The number of hydrogen-bond donors (Lipinski definition) is 1. The minimum absolute atomic E-state index is 0.114. The van der Waals surface area contributed by atoms with Gasteiger partial charge in [-0.2, -0.15) is 0 Å². The van der Waals surface area contributed by atoms with Crippen LogP contribution in [0.4, 0.5) is 0 Å². The van der Waals surface area contributed by atoms with E-state index in [4.69, 9.17) is 0 Å². The molecule has 1 N–H and O–H groups in total. The lowest BCUT2D eigenvalue weighted by atomic mass is 10.1. The highest BCUT2D eigenvalue weighted by Gasteiger charge is 2.26. The molecule has 2 aliphatic rings. The normalized spacial score (nSPS) is 17.9. The number of benzene rings is 2. The van der Waals surface area contributed by atoms with Crippen molar-refractivity contribution in [1.82, 2.24) is 10.2 Å². The maximum atomic E-state index is 12.3. The minimum atomic E-state index is 0.114. The predicted octanol–water partition coefficient (Wildman–Crippen LogP) is 3.62. The van der Waals surface area contributed by atoms with Crippen LogP contribution in [0.3, 0.4) is 0 Å². The van der Waals surface area contributed by atoms with Crippen molar-refractivity contribution in [1.29, 1.82) is 0 Å². The van der Waals surface area contributed by atoms with Crippen molar-refractivity contribution < 1.29 is 9.59 Å². The summed E-state index contributed by atoms with van der Waals surface area (Å²) in [6, 6.07) is 16.3. The monoisotopic (exact) mass is 348 g/mol. The molecule has 1 heterocycles. The molecule has 1 aliphatic carbocycles. The Hall–Kier alpha value is -2.62. The van der Waals surface area contributed by atoms with Gasteiger partial charge in [0, 0.05) is 25.1 Å². The van der Waals surface area contributed by atoms with Crippen LogP contribution < -0.4 is 5.32 Å². The van der Waals surface area contributed by atoms with E-state index in [0.29, 0.717) is 19.5 Å². The third kappa shape index (κ3) is 3.36. The van der Waals surface area contributed by atoms with Gasteiger partial charge in [0.25, 0.3) is 5.91 Å². The molecule has 0 saturated carbocycles. The summed E-state index contributed by atoms with van der Waals surface area (Å²) >= 11 is 0. The van der Waals surface area contributed by atoms with E-state index in [9.17, 15) is 9.59 Å². The molecule has 0 fully saturated rings. The standard InChI is InChI=1S/C22H24N2O2/c25-21(23-20-13-12-16-7-1-3-9-18(16)20)11-5-6-14-24-15-17-8-2-4-10-19(17)22(24)26/h1-4,7-10,20H,5-6,11-15H2,(H,23,25)/t20-/m1/s1. The Labute approximate surface area is 154 Å². The van der Waals surface area contributed by atoms with Crippen molar-refractivity contribution in [2.45, 2.75) is 44.7 Å². The summed E-state index contributed by atoms with van der Waals surface area (Å²) in [5.74, 6) is 0.232. The zero-order chi connectivity index (χ0) is 17.9. The van der Waals surface area contributed by atoms with E-state index in [1.165, 1.54) is 11.1 Å². The van der Waals surface area contributed by atoms with Crippen LogP contribution in [0.1, 0.15) is 58.8 Å². The van der Waals surface area contributed by atoms with E-state index < -0.39 is 0 Å². The van der Waals surface area contributed by atoms with E-state index in [1.54, 1.807) is 0 Å². The first-order valence-electron chi connectivity index (χ1n) is 9.47. The van der Waals surface area contributed by atoms with Crippen molar-refractivity contribution in [2.24, 2.45) is 0 Å². The lowest BCUT2D eigenvalue weighted by Crippen LogP contribution is -2.28. The SMILES string of the molecule is O=C(CCCCN1Cc2ccccc2C1=O)N[C@@H]1CCc2ccccc21. The molecule has 2 aromatic carbocycles. The molecular formula is C22H24N2O2. The molecule has 2 aromatic rings. The summed E-state index contributed by atoms with van der Waals surface area (Å²) in [6.07, 6.45) is 4.22. The first kappa shape index (κ1) is 16.8. The van der Waals surface area contributed by atoms with Crippen molar-refractivity contribution in [2.75, 3.05) is 6.54 Å². The topological polar surface area (TPSA) is 49.4 Å². The van der Waals surface area contributed by atoms with Gasteiger partial charge in [-0.1, -0.05) is 42.5 Å². The van der Waals surface area contributed by atoms with Crippen LogP contribution >= 0.6 is 0 Å². The summed E-state index contributed by atoms with van der Waals surface area (Å²) < 4.78 is 0. The van der Waals surface area contributed by atoms with Gasteiger partial charge < -0.3 is 10.2 Å². The van der Waals surface area contributed by atoms with Gasteiger partial charge in [0.05, 0.1) is 6.04 Å². The first-order chi connectivity index (χ1) is 12.7. The summed E-state index contributed by atoms with van der Waals surface area (Å²) in [4.78, 5) is 26.5. The van der Waals surface area contributed by atoms with Gasteiger partial charge in [-0.3, -0.25) is 9.59 Å². The molecule has 2 amide bonds. The lowest BCUT2D eigenvalue weighted by Gasteiger charge is -2.16. The fourth-order valence-corrected chi connectivity index (χ4v) is 4.06. The molecular weight excluding hydrogens is 324 g/mol. The number of fused-ring (bicyclic) bond motifs is 2. The summed E-state index contributed by atoms with van der Waals surface area (Å²) in [5, 5.41) is 3.17. The number of nitrogens with zero attached hydrogens (tertiary/aromatic N) is 1. The fourth-order valence-electron chi connectivity index (χ4n) is 4.06. The highest BCUT2D eigenvalue weighted by Crippen LogP contribution is 2.30. The number of nitrogens with one attached hydrogen (secondary N) is 1. The zero-order valence-corrected chi connectivity index (χ0v) is 14.9.